The summed E-state index contributed by atoms with van der Waals surface area (Å²) in [7, 11) is -10.4. The number of nitrogens with two attached hydrogens (primary N) is 4. The molecule has 2 aromatic carbocycles. The third-order valence-electron chi connectivity index (χ3n) is 2.51. The summed E-state index contributed by atoms with van der Waals surface area (Å²) in [6.07, 6.45) is 0. The van der Waals surface area contributed by atoms with Crippen LogP contribution in [0.4, 0.5) is 22.7 Å². The van der Waals surface area contributed by atoms with Gasteiger partial charge < -0.3 is 60.2 Å². The topological polar surface area (TPSA) is 369 Å². The van der Waals surface area contributed by atoms with Crippen LogP contribution in [0.1, 0.15) is 0 Å². The maximum atomic E-state index is 8.52. The van der Waals surface area contributed by atoms with E-state index in [4.69, 9.17) is 78.8 Å². The number of rotatable bonds is 1. The summed E-state index contributed by atoms with van der Waals surface area (Å²) in [6, 6.07) is 11.0. The van der Waals surface area contributed by atoms with E-state index >= 15 is 0 Å². The van der Waals surface area contributed by atoms with Crippen LogP contribution in [0, 0.1) is 43.1 Å². The van der Waals surface area contributed by atoms with Crippen LogP contribution in [-0.2, 0) is 0 Å². The quantitative estimate of drug-likeness (QED) is 0.152. The van der Waals surface area contributed by atoms with Crippen LogP contribution < -0.4 is 60.2 Å². The van der Waals surface area contributed by atoms with Crippen molar-refractivity contribution in [2.75, 3.05) is 22.9 Å². The zero-order valence-electron chi connectivity index (χ0n) is 15.3. The molecule has 2 rings (SSSR count). The Morgan fingerprint density at radius 3 is 0.781 bits per heavy atom. The number of nitrogen functional groups attached to an aromatic ring is 4. The third kappa shape index (κ3) is 26.4. The molecule has 2 aromatic rings. The Morgan fingerprint density at radius 2 is 0.625 bits per heavy atom. The monoisotopic (exact) mass is 550 g/mol. The highest BCUT2D eigenvalue weighted by molar-refractivity contribution is 5.78. The Kier molecular flexibility index (Phi) is 21.8. The third-order valence-corrected chi connectivity index (χ3v) is 2.51. The summed E-state index contributed by atoms with van der Waals surface area (Å²) in [6.45, 7) is 0. The summed E-state index contributed by atoms with van der Waals surface area (Å²) in [5, 5.41) is 0. The summed E-state index contributed by atoms with van der Waals surface area (Å²) >= 11 is 0. The van der Waals surface area contributed by atoms with E-state index in [9.17, 15) is 0 Å². The van der Waals surface area contributed by atoms with E-state index in [1.54, 1.807) is 12.1 Å². The molecular weight excluding hydrogens is 534 g/mol. The molecule has 0 bridgehead atoms. The molecule has 0 radical (unpaired) electrons. The molecule has 0 aliphatic heterocycles. The van der Waals surface area contributed by atoms with Gasteiger partial charge in [0.15, 0.2) is 0 Å². The molecule has 0 unspecified atom stereocenters. The van der Waals surface area contributed by atoms with Gasteiger partial charge in [0.1, 0.15) is 0 Å². The zero-order valence-corrected chi connectivity index (χ0v) is 18.4. The van der Waals surface area contributed by atoms with E-state index in [0.29, 0.717) is 22.7 Å². The summed E-state index contributed by atoms with van der Waals surface area (Å²) in [4.78, 5) is 0. The fourth-order valence-electron chi connectivity index (χ4n) is 1.51. The van der Waals surface area contributed by atoms with Gasteiger partial charge in [0, 0.05) is 18.6 Å². The minimum absolute atomic E-state index is 0.563. The first-order chi connectivity index (χ1) is 14.5. The van der Waals surface area contributed by atoms with Crippen molar-refractivity contribution in [1.29, 1.82) is 0 Å². The Morgan fingerprint density at radius 1 is 0.438 bits per heavy atom. The van der Waals surface area contributed by atoms with Crippen LogP contribution >= 0.6 is 0 Å². The highest BCUT2D eigenvalue weighted by atomic mass is 35.6. The van der Waals surface area contributed by atoms with Gasteiger partial charge in [-0.1, -0.05) is 12.1 Å². The lowest BCUT2D eigenvalue weighted by Gasteiger charge is -2.07. The van der Waals surface area contributed by atoms with Gasteiger partial charge in [0.25, 0.3) is 43.1 Å². The minimum atomic E-state index is -2.60. The average Bonchev–Trinajstić information content (AvgIpc) is 2.58. The van der Waals surface area contributed by atoms with Crippen LogP contribution in [0.5, 0.6) is 0 Å². The average molecular weight is 552 g/mol. The first kappa shape index (κ1) is 34.9. The maximum Gasteiger partial charge on any atom is 0.282 e. The SMILES string of the molecule is Nc1ccc(-c2ccc(N)c(N)c2)cc1N.[O-][Cl+2]([O-])O.[O-][Cl+2]([O-])O.[O-][Cl+2]([O-])O.[O-][Cl+2]([O-])O. The minimum Gasteiger partial charge on any atom is -0.397 e. The molecule has 0 aromatic heterocycles. The van der Waals surface area contributed by atoms with Gasteiger partial charge in [0.05, 0.1) is 22.7 Å². The number of hydrogen-bond donors (Lipinski definition) is 8. The van der Waals surface area contributed by atoms with E-state index in [0.717, 1.165) is 11.1 Å². The Balaban J connectivity index is -0.000000432. The van der Waals surface area contributed by atoms with Crippen LogP contribution in [0.3, 0.4) is 0 Å². The summed E-state index contributed by atoms with van der Waals surface area (Å²) in [5.41, 5.74) is 27.0. The number of anilines is 4. The van der Waals surface area contributed by atoms with Gasteiger partial charge in [-0.15, -0.1) is 0 Å². The van der Waals surface area contributed by atoms with Crippen LogP contribution in [0.15, 0.2) is 36.4 Å². The lowest BCUT2D eigenvalue weighted by Crippen LogP contribution is -2.30. The van der Waals surface area contributed by atoms with Gasteiger partial charge >= 0.3 is 0 Å². The fraction of sp³-hybridized carbons (Fsp3) is 0. The van der Waals surface area contributed by atoms with Crippen molar-refractivity contribution in [2.24, 2.45) is 0 Å². The molecule has 12 N–H and O–H groups in total. The first-order valence-electron chi connectivity index (χ1n) is 6.79. The van der Waals surface area contributed by atoms with Crippen LogP contribution in [-0.4, -0.2) is 18.6 Å². The normalized spacial score (nSPS) is 9.62. The molecule has 0 spiro atoms. The van der Waals surface area contributed by atoms with E-state index in [2.05, 4.69) is 0 Å². The molecule has 0 aliphatic carbocycles. The van der Waals surface area contributed by atoms with Gasteiger partial charge in [0.2, 0.25) is 0 Å². The second kappa shape index (κ2) is 20.0. The van der Waals surface area contributed by atoms with Crippen molar-refractivity contribution in [3.63, 3.8) is 0 Å². The summed E-state index contributed by atoms with van der Waals surface area (Å²) in [5.74, 6) is 0. The van der Waals surface area contributed by atoms with E-state index in [-0.39, 0.29) is 0 Å². The highest BCUT2D eigenvalue weighted by Crippen LogP contribution is 2.28. The second-order valence-electron chi connectivity index (χ2n) is 4.49. The van der Waals surface area contributed by atoms with Crippen molar-refractivity contribution >= 4 is 22.7 Å². The van der Waals surface area contributed by atoms with Crippen LogP contribution in [0.25, 0.3) is 11.1 Å². The van der Waals surface area contributed by atoms with Crippen LogP contribution in [0.2, 0.25) is 0 Å². The fourth-order valence-corrected chi connectivity index (χ4v) is 1.51. The molecule has 0 fully saturated rings. The molecule has 0 heterocycles. The van der Waals surface area contributed by atoms with E-state index < -0.39 is 43.1 Å². The Hall–Kier alpha value is -1.68. The molecule has 186 valence electrons. The van der Waals surface area contributed by atoms with Crippen molar-refractivity contribution < 1.29 is 99.0 Å². The predicted octanol–water partition coefficient (Wildman–Crippen LogP) is -10.1. The smallest absolute Gasteiger partial charge is 0.282 e. The Labute approximate surface area is 192 Å². The van der Waals surface area contributed by atoms with E-state index in [1.165, 1.54) is 0 Å². The maximum absolute atomic E-state index is 8.52. The van der Waals surface area contributed by atoms with Crippen molar-refractivity contribution in [3.8, 4) is 11.1 Å². The Bertz CT molecular complexity index is 661. The molecule has 0 saturated carbocycles. The molecule has 16 nitrogen and oxygen atoms in total. The molecule has 20 heteroatoms. The first-order valence-corrected chi connectivity index (χ1v) is 10.6. The lowest BCUT2D eigenvalue weighted by atomic mass is 10.0. The zero-order chi connectivity index (χ0) is 26.0. The largest absolute Gasteiger partial charge is 0.397 e. The van der Waals surface area contributed by atoms with Gasteiger partial charge in [-0.2, -0.15) is 0 Å². The molecule has 0 amide bonds. The van der Waals surface area contributed by atoms with Crippen molar-refractivity contribution in [1.82, 2.24) is 0 Å². The number of halogens is 4. The molecule has 0 atom stereocenters. The lowest BCUT2D eigenvalue weighted by molar-refractivity contribution is -1.63. The molecule has 32 heavy (non-hydrogen) atoms. The van der Waals surface area contributed by atoms with Gasteiger partial charge in [-0.3, -0.25) is 0 Å². The van der Waals surface area contributed by atoms with Gasteiger partial charge in [-0.25, -0.2) is 0 Å². The van der Waals surface area contributed by atoms with Gasteiger partial charge in [-0.05, 0) is 35.4 Å². The number of benzene rings is 2. The predicted molar refractivity (Wildman–Crippen MR) is 78.4 cm³/mol. The van der Waals surface area contributed by atoms with Crippen molar-refractivity contribution in [2.45, 2.75) is 0 Å². The molecular formula is C12H18Cl4N4O12. The second-order valence-corrected chi connectivity index (χ2v) is 6.10. The van der Waals surface area contributed by atoms with Crippen molar-refractivity contribution in [3.05, 3.63) is 36.4 Å². The summed E-state index contributed by atoms with van der Waals surface area (Å²) < 4.78 is 95.9. The number of hydrogen-bond acceptors (Lipinski definition) is 16. The van der Waals surface area contributed by atoms with E-state index in [1.807, 2.05) is 24.3 Å². The molecule has 0 aliphatic rings. The highest BCUT2D eigenvalue weighted by Gasteiger charge is 2.02. The molecule has 0 saturated heterocycles. The standard InChI is InChI=1S/C12H14N4.4ClHO3/c13-9-3-1-7(5-11(9)15)8-2-4-10(14)12(16)6-8;4*2-1(3)4/h1-6H,13-16H2;4*2H.